The predicted molar refractivity (Wildman–Crippen MR) is 52.7 cm³/mol. The molecule has 0 radical (unpaired) electrons. The van der Waals surface area contributed by atoms with Crippen LogP contribution in [0.1, 0.15) is 29.7 Å². The van der Waals surface area contributed by atoms with E-state index in [-0.39, 0.29) is 0 Å². The summed E-state index contributed by atoms with van der Waals surface area (Å²) < 4.78 is 0. The van der Waals surface area contributed by atoms with Crippen molar-refractivity contribution in [2.24, 2.45) is 0 Å². The van der Waals surface area contributed by atoms with Gasteiger partial charge in [0, 0.05) is 10.8 Å². The molecule has 3 heteroatoms. The van der Waals surface area contributed by atoms with Crippen LogP contribution in [0.25, 0.3) is 0 Å². The first kappa shape index (κ1) is 9.07. The Hall–Kier alpha value is -0.0200. The molecule has 0 aliphatic carbocycles. The molecule has 62 valence electrons. The zero-order chi connectivity index (χ0) is 8.43. The van der Waals surface area contributed by atoms with E-state index in [1.807, 2.05) is 11.3 Å². The summed E-state index contributed by atoms with van der Waals surface area (Å²) >= 11 is 3.55. The van der Waals surface area contributed by atoms with Gasteiger partial charge >= 0.3 is 0 Å². The zero-order valence-electron chi connectivity index (χ0n) is 7.34. The van der Waals surface area contributed by atoms with Crippen molar-refractivity contribution in [3.8, 4) is 0 Å². The maximum atomic E-state index is 4.51. The SMILES string of the molecule is CSc1nc(C(C)C)sc1C. The summed E-state index contributed by atoms with van der Waals surface area (Å²) in [6.07, 6.45) is 2.08. The average Bonchev–Trinajstić information content (AvgIpc) is 2.31. The van der Waals surface area contributed by atoms with E-state index in [0.717, 1.165) is 0 Å². The van der Waals surface area contributed by atoms with Crippen molar-refractivity contribution in [2.45, 2.75) is 31.7 Å². The number of thioether (sulfide) groups is 1. The highest BCUT2D eigenvalue weighted by atomic mass is 32.2. The lowest BCUT2D eigenvalue weighted by Gasteiger charge is -1.94. The Kier molecular flexibility index (Phi) is 2.96. The van der Waals surface area contributed by atoms with Gasteiger partial charge in [-0.25, -0.2) is 4.98 Å². The third kappa shape index (κ3) is 1.97. The van der Waals surface area contributed by atoms with E-state index in [1.54, 1.807) is 11.8 Å². The quantitative estimate of drug-likeness (QED) is 0.659. The monoisotopic (exact) mass is 187 g/mol. The van der Waals surface area contributed by atoms with Gasteiger partial charge in [-0.2, -0.15) is 0 Å². The summed E-state index contributed by atoms with van der Waals surface area (Å²) in [4.78, 5) is 5.86. The average molecular weight is 187 g/mol. The normalized spacial score (nSPS) is 11.0. The van der Waals surface area contributed by atoms with Gasteiger partial charge in [0.05, 0.1) is 5.01 Å². The summed E-state index contributed by atoms with van der Waals surface area (Å²) in [6.45, 7) is 6.50. The Morgan fingerprint density at radius 2 is 2.09 bits per heavy atom. The van der Waals surface area contributed by atoms with E-state index in [4.69, 9.17) is 0 Å². The van der Waals surface area contributed by atoms with Crippen molar-refractivity contribution in [3.05, 3.63) is 9.88 Å². The first-order valence-electron chi connectivity index (χ1n) is 3.66. The predicted octanol–water partition coefficient (Wildman–Crippen LogP) is 3.30. The lowest BCUT2D eigenvalue weighted by molar-refractivity contribution is 0.838. The van der Waals surface area contributed by atoms with Gasteiger partial charge in [-0.15, -0.1) is 23.1 Å². The molecule has 0 saturated carbocycles. The number of aromatic nitrogens is 1. The van der Waals surface area contributed by atoms with Gasteiger partial charge in [0.2, 0.25) is 0 Å². The molecule has 0 unspecified atom stereocenters. The van der Waals surface area contributed by atoms with E-state index in [0.29, 0.717) is 5.92 Å². The topological polar surface area (TPSA) is 12.9 Å². The fraction of sp³-hybridized carbons (Fsp3) is 0.625. The molecule has 0 aliphatic rings. The van der Waals surface area contributed by atoms with Crippen molar-refractivity contribution in [2.75, 3.05) is 6.26 Å². The molecule has 0 amide bonds. The van der Waals surface area contributed by atoms with E-state index >= 15 is 0 Å². The van der Waals surface area contributed by atoms with E-state index in [1.165, 1.54) is 14.9 Å². The minimum atomic E-state index is 0.569. The minimum absolute atomic E-state index is 0.569. The van der Waals surface area contributed by atoms with Crippen molar-refractivity contribution < 1.29 is 0 Å². The second-order valence-electron chi connectivity index (χ2n) is 2.77. The van der Waals surface area contributed by atoms with E-state index < -0.39 is 0 Å². The maximum absolute atomic E-state index is 4.51. The van der Waals surface area contributed by atoms with Crippen LogP contribution in [0.4, 0.5) is 0 Å². The maximum Gasteiger partial charge on any atom is 0.110 e. The fourth-order valence-corrected chi connectivity index (χ4v) is 2.57. The lowest BCUT2D eigenvalue weighted by atomic mass is 10.2. The molecular formula is C8H13NS2. The standard InChI is InChI=1S/C8H13NS2/c1-5(2)7-9-8(10-4)6(3)11-7/h5H,1-4H3. The van der Waals surface area contributed by atoms with Crippen LogP contribution in [0.2, 0.25) is 0 Å². The third-order valence-corrected chi connectivity index (χ3v) is 3.64. The molecule has 1 rings (SSSR count). The second kappa shape index (κ2) is 3.59. The molecule has 0 fully saturated rings. The smallest absolute Gasteiger partial charge is 0.110 e. The largest absolute Gasteiger partial charge is 0.234 e. The molecule has 0 N–H and O–H groups in total. The molecule has 0 aliphatic heterocycles. The van der Waals surface area contributed by atoms with Crippen molar-refractivity contribution in [3.63, 3.8) is 0 Å². The highest BCUT2D eigenvalue weighted by molar-refractivity contribution is 7.98. The van der Waals surface area contributed by atoms with Crippen LogP contribution in [-0.4, -0.2) is 11.2 Å². The van der Waals surface area contributed by atoms with Gasteiger partial charge in [-0.05, 0) is 13.2 Å². The number of thiazole rings is 1. The van der Waals surface area contributed by atoms with E-state index in [9.17, 15) is 0 Å². The van der Waals surface area contributed by atoms with Gasteiger partial charge in [-0.3, -0.25) is 0 Å². The van der Waals surface area contributed by atoms with Gasteiger partial charge < -0.3 is 0 Å². The summed E-state index contributed by atoms with van der Waals surface area (Å²) in [5.74, 6) is 0.569. The zero-order valence-corrected chi connectivity index (χ0v) is 8.97. The molecular weight excluding hydrogens is 174 g/mol. The molecule has 0 atom stereocenters. The molecule has 1 aromatic rings. The van der Waals surface area contributed by atoms with Gasteiger partial charge in [0.15, 0.2) is 0 Å². The number of aryl methyl sites for hydroxylation is 1. The van der Waals surface area contributed by atoms with Crippen LogP contribution in [-0.2, 0) is 0 Å². The third-order valence-electron chi connectivity index (χ3n) is 1.46. The Labute approximate surface area is 76.2 Å². The number of nitrogens with zero attached hydrogens (tertiary/aromatic N) is 1. The lowest BCUT2D eigenvalue weighted by Crippen LogP contribution is -1.83. The number of rotatable bonds is 2. The molecule has 1 aromatic heterocycles. The highest BCUT2D eigenvalue weighted by Gasteiger charge is 2.08. The molecule has 0 saturated heterocycles. The number of hydrogen-bond donors (Lipinski definition) is 0. The van der Waals surface area contributed by atoms with Crippen LogP contribution in [0, 0.1) is 6.92 Å². The molecule has 11 heavy (non-hydrogen) atoms. The highest BCUT2D eigenvalue weighted by Crippen LogP contribution is 2.28. The second-order valence-corrected chi connectivity index (χ2v) is 4.80. The van der Waals surface area contributed by atoms with Crippen LogP contribution in [0.3, 0.4) is 0 Å². The minimum Gasteiger partial charge on any atom is -0.234 e. The van der Waals surface area contributed by atoms with Gasteiger partial charge in [-0.1, -0.05) is 13.8 Å². The summed E-state index contributed by atoms with van der Waals surface area (Å²) in [5.41, 5.74) is 0. The summed E-state index contributed by atoms with van der Waals surface area (Å²) in [6, 6.07) is 0. The van der Waals surface area contributed by atoms with Gasteiger partial charge in [0.1, 0.15) is 5.03 Å². The Morgan fingerprint density at radius 1 is 1.45 bits per heavy atom. The van der Waals surface area contributed by atoms with Crippen molar-refractivity contribution in [1.82, 2.24) is 4.98 Å². The van der Waals surface area contributed by atoms with Crippen LogP contribution >= 0.6 is 23.1 Å². The Morgan fingerprint density at radius 3 is 2.36 bits per heavy atom. The van der Waals surface area contributed by atoms with Crippen LogP contribution in [0.5, 0.6) is 0 Å². The van der Waals surface area contributed by atoms with Crippen molar-refractivity contribution >= 4 is 23.1 Å². The Bertz CT molecular complexity index is 240. The molecule has 0 aromatic carbocycles. The van der Waals surface area contributed by atoms with Crippen LogP contribution < -0.4 is 0 Å². The molecule has 1 nitrogen and oxygen atoms in total. The summed E-state index contributed by atoms with van der Waals surface area (Å²) in [7, 11) is 0. The van der Waals surface area contributed by atoms with Crippen LogP contribution in [0.15, 0.2) is 5.03 Å². The molecule has 0 spiro atoms. The van der Waals surface area contributed by atoms with Crippen molar-refractivity contribution in [1.29, 1.82) is 0 Å². The first-order chi connectivity index (χ1) is 5.15. The molecule has 0 bridgehead atoms. The van der Waals surface area contributed by atoms with Gasteiger partial charge in [0.25, 0.3) is 0 Å². The van der Waals surface area contributed by atoms with E-state index in [2.05, 4.69) is 32.0 Å². The number of hydrogen-bond acceptors (Lipinski definition) is 3. The fourth-order valence-electron chi connectivity index (χ4n) is 0.838. The molecule has 1 heterocycles. The Balaban J connectivity index is 2.95. The first-order valence-corrected chi connectivity index (χ1v) is 5.70. The summed E-state index contributed by atoms with van der Waals surface area (Å²) in [5, 5.41) is 2.45.